The molecule has 0 aromatic carbocycles. The Kier molecular flexibility index (Phi) is 4.89. The van der Waals surface area contributed by atoms with Crippen molar-refractivity contribution in [3.63, 3.8) is 0 Å². The lowest BCUT2D eigenvalue weighted by Crippen LogP contribution is -2.51. The number of hydrogen-bond acceptors (Lipinski definition) is 4. The third-order valence-corrected chi connectivity index (χ3v) is 3.07. The smallest absolute Gasteiger partial charge is 0.143 e. The summed E-state index contributed by atoms with van der Waals surface area (Å²) >= 11 is 0. The maximum atomic E-state index is 11.0. The summed E-state index contributed by atoms with van der Waals surface area (Å²) in [6.07, 6.45) is 0. The van der Waals surface area contributed by atoms with E-state index in [4.69, 9.17) is 4.74 Å². The van der Waals surface area contributed by atoms with Gasteiger partial charge in [0.25, 0.3) is 0 Å². The van der Waals surface area contributed by atoms with Gasteiger partial charge in [-0.25, -0.2) is 0 Å². The minimum Gasteiger partial charge on any atom is -0.377 e. The van der Waals surface area contributed by atoms with Crippen molar-refractivity contribution in [2.24, 2.45) is 0 Å². The van der Waals surface area contributed by atoms with E-state index in [0.29, 0.717) is 6.54 Å². The Bertz CT molecular complexity index is 233. The van der Waals surface area contributed by atoms with Crippen LogP contribution >= 0.6 is 0 Å². The number of Topliss-reactive ketones (excluding diaryl/α,β-unsaturated/α-hetero) is 1. The number of nitrogens with zero attached hydrogens (tertiary/aromatic N) is 2. The first-order valence-electron chi connectivity index (χ1n) is 5.92. The molecule has 0 amide bonds. The van der Waals surface area contributed by atoms with E-state index in [9.17, 15) is 4.79 Å². The zero-order chi connectivity index (χ0) is 12.2. The van der Waals surface area contributed by atoms with Gasteiger partial charge in [0.05, 0.1) is 12.1 Å². The summed E-state index contributed by atoms with van der Waals surface area (Å²) in [5, 5.41) is 0. The molecule has 0 saturated carbocycles. The predicted octanol–water partition coefficient (Wildman–Crippen LogP) is 0.618. The topological polar surface area (TPSA) is 32.8 Å². The second kappa shape index (κ2) is 5.75. The Hall–Kier alpha value is -0.450. The van der Waals surface area contributed by atoms with E-state index in [1.54, 1.807) is 14.0 Å². The number of carbonyl (C=O) groups excluding carboxylic acids is 1. The highest BCUT2D eigenvalue weighted by atomic mass is 16.5. The SMILES string of the molecule is COC(C)(C)CN1CCN(CC(C)=O)CC1. The minimum atomic E-state index is -0.0806. The van der Waals surface area contributed by atoms with Crippen LogP contribution in [0.25, 0.3) is 0 Å². The van der Waals surface area contributed by atoms with E-state index in [0.717, 1.165) is 32.7 Å². The van der Waals surface area contributed by atoms with Gasteiger partial charge < -0.3 is 4.74 Å². The number of carbonyl (C=O) groups is 1. The van der Waals surface area contributed by atoms with Gasteiger partial charge in [-0.1, -0.05) is 0 Å². The number of hydrogen-bond donors (Lipinski definition) is 0. The molecule has 1 fully saturated rings. The maximum Gasteiger partial charge on any atom is 0.143 e. The monoisotopic (exact) mass is 228 g/mol. The summed E-state index contributed by atoms with van der Waals surface area (Å²) in [4.78, 5) is 15.6. The van der Waals surface area contributed by atoms with Crippen LogP contribution in [0.4, 0.5) is 0 Å². The summed E-state index contributed by atoms with van der Waals surface area (Å²) in [7, 11) is 1.76. The van der Waals surface area contributed by atoms with Crippen molar-refractivity contribution in [2.45, 2.75) is 26.4 Å². The molecule has 0 spiro atoms. The fourth-order valence-corrected chi connectivity index (χ4v) is 2.02. The van der Waals surface area contributed by atoms with Gasteiger partial charge in [0, 0.05) is 39.8 Å². The molecule has 0 aliphatic carbocycles. The Morgan fingerprint density at radius 3 is 2.12 bits per heavy atom. The Morgan fingerprint density at radius 2 is 1.69 bits per heavy atom. The highest BCUT2D eigenvalue weighted by Gasteiger charge is 2.24. The van der Waals surface area contributed by atoms with Gasteiger partial charge in [-0.3, -0.25) is 14.6 Å². The van der Waals surface area contributed by atoms with Crippen molar-refractivity contribution in [3.05, 3.63) is 0 Å². The zero-order valence-electron chi connectivity index (χ0n) is 11.0. The van der Waals surface area contributed by atoms with Gasteiger partial charge in [-0.05, 0) is 20.8 Å². The largest absolute Gasteiger partial charge is 0.377 e. The van der Waals surface area contributed by atoms with E-state index in [1.807, 2.05) is 0 Å². The van der Waals surface area contributed by atoms with Crippen LogP contribution in [0.5, 0.6) is 0 Å². The second-order valence-electron chi connectivity index (χ2n) is 5.22. The first-order valence-corrected chi connectivity index (χ1v) is 5.92. The fraction of sp³-hybridized carbons (Fsp3) is 0.917. The molecule has 16 heavy (non-hydrogen) atoms. The lowest BCUT2D eigenvalue weighted by molar-refractivity contribution is -0.118. The molecule has 0 unspecified atom stereocenters. The van der Waals surface area contributed by atoms with Crippen molar-refractivity contribution < 1.29 is 9.53 Å². The number of ketones is 1. The van der Waals surface area contributed by atoms with E-state index in [1.165, 1.54) is 0 Å². The summed E-state index contributed by atoms with van der Waals surface area (Å²) < 4.78 is 5.42. The summed E-state index contributed by atoms with van der Waals surface area (Å²) in [5.74, 6) is 0.255. The molecule has 1 saturated heterocycles. The van der Waals surface area contributed by atoms with Gasteiger partial charge in [0.15, 0.2) is 0 Å². The molecule has 1 aliphatic heterocycles. The van der Waals surface area contributed by atoms with Crippen molar-refractivity contribution in [3.8, 4) is 0 Å². The number of methoxy groups -OCH3 is 1. The number of rotatable bonds is 5. The molecule has 0 radical (unpaired) electrons. The van der Waals surface area contributed by atoms with Crippen LogP contribution in [0.3, 0.4) is 0 Å². The van der Waals surface area contributed by atoms with E-state index in [-0.39, 0.29) is 11.4 Å². The number of piperazine rings is 1. The molecular weight excluding hydrogens is 204 g/mol. The van der Waals surface area contributed by atoms with Gasteiger partial charge in [-0.2, -0.15) is 0 Å². The van der Waals surface area contributed by atoms with Crippen molar-refractivity contribution >= 4 is 5.78 Å². The molecular formula is C12H24N2O2. The molecule has 4 nitrogen and oxygen atoms in total. The predicted molar refractivity (Wildman–Crippen MR) is 64.6 cm³/mol. The third kappa shape index (κ3) is 4.60. The van der Waals surface area contributed by atoms with Crippen LogP contribution < -0.4 is 0 Å². The van der Waals surface area contributed by atoms with Crippen LogP contribution in [0.1, 0.15) is 20.8 Å². The van der Waals surface area contributed by atoms with E-state index in [2.05, 4.69) is 23.6 Å². The second-order valence-corrected chi connectivity index (χ2v) is 5.22. The maximum absolute atomic E-state index is 11.0. The van der Waals surface area contributed by atoms with Crippen LogP contribution in [-0.2, 0) is 9.53 Å². The van der Waals surface area contributed by atoms with Crippen LogP contribution in [-0.4, -0.2) is 67.6 Å². The fourth-order valence-electron chi connectivity index (χ4n) is 2.02. The lowest BCUT2D eigenvalue weighted by atomic mass is 10.1. The normalized spacial score (nSPS) is 20.0. The molecule has 1 rings (SSSR count). The van der Waals surface area contributed by atoms with Crippen molar-refractivity contribution in [2.75, 3.05) is 46.4 Å². The van der Waals surface area contributed by atoms with Gasteiger partial charge in [-0.15, -0.1) is 0 Å². The van der Waals surface area contributed by atoms with Gasteiger partial charge in [0.2, 0.25) is 0 Å². The van der Waals surface area contributed by atoms with Crippen molar-refractivity contribution in [1.82, 2.24) is 9.80 Å². The van der Waals surface area contributed by atoms with Gasteiger partial charge in [0.1, 0.15) is 5.78 Å². The van der Waals surface area contributed by atoms with Crippen LogP contribution in [0, 0.1) is 0 Å². The molecule has 94 valence electrons. The molecule has 0 aromatic rings. The molecule has 0 N–H and O–H groups in total. The van der Waals surface area contributed by atoms with Crippen LogP contribution in [0.15, 0.2) is 0 Å². The molecule has 1 heterocycles. The number of ether oxygens (including phenoxy) is 1. The first-order chi connectivity index (χ1) is 7.43. The molecule has 4 heteroatoms. The highest BCUT2D eigenvalue weighted by molar-refractivity contribution is 5.77. The van der Waals surface area contributed by atoms with Gasteiger partial charge >= 0.3 is 0 Å². The standard InChI is InChI=1S/C12H24N2O2/c1-11(15)9-13-5-7-14(8-6-13)10-12(2,3)16-4/h5-10H2,1-4H3. The van der Waals surface area contributed by atoms with E-state index >= 15 is 0 Å². The summed E-state index contributed by atoms with van der Waals surface area (Å²) in [6.45, 7) is 11.4. The third-order valence-electron chi connectivity index (χ3n) is 3.07. The lowest BCUT2D eigenvalue weighted by Gasteiger charge is -2.38. The Labute approximate surface area is 98.5 Å². The first kappa shape index (κ1) is 13.6. The average Bonchev–Trinajstić information content (AvgIpc) is 2.20. The quantitative estimate of drug-likeness (QED) is 0.690. The Morgan fingerprint density at radius 1 is 1.19 bits per heavy atom. The zero-order valence-corrected chi connectivity index (χ0v) is 11.0. The minimum absolute atomic E-state index is 0.0806. The molecule has 0 aromatic heterocycles. The van der Waals surface area contributed by atoms with Crippen LogP contribution in [0.2, 0.25) is 0 Å². The summed E-state index contributed by atoms with van der Waals surface area (Å²) in [5.41, 5.74) is -0.0806. The van der Waals surface area contributed by atoms with Crippen molar-refractivity contribution in [1.29, 1.82) is 0 Å². The van der Waals surface area contributed by atoms with E-state index < -0.39 is 0 Å². The summed E-state index contributed by atoms with van der Waals surface area (Å²) in [6, 6.07) is 0. The molecule has 1 aliphatic rings. The highest BCUT2D eigenvalue weighted by Crippen LogP contribution is 2.12. The molecule has 0 atom stereocenters. The Balaban J connectivity index is 2.29. The average molecular weight is 228 g/mol. The molecule has 0 bridgehead atoms.